The Morgan fingerprint density at radius 2 is 2.22 bits per heavy atom. The highest BCUT2D eigenvalue weighted by molar-refractivity contribution is 6.02. The second kappa shape index (κ2) is 5.22. The number of oxime groups is 1. The highest BCUT2D eigenvalue weighted by Gasteiger charge is 2.31. The molecule has 0 saturated heterocycles. The Balaban J connectivity index is 2.44. The van der Waals surface area contributed by atoms with Gasteiger partial charge in [-0.3, -0.25) is 0 Å². The number of nitrogens with two attached hydrogens (primary N) is 1. The van der Waals surface area contributed by atoms with E-state index < -0.39 is 5.82 Å². The molecule has 1 aliphatic carbocycles. The summed E-state index contributed by atoms with van der Waals surface area (Å²) in [6.07, 6.45) is 2.01. The quantitative estimate of drug-likeness (QED) is 0.315. The molecule has 18 heavy (non-hydrogen) atoms. The van der Waals surface area contributed by atoms with Gasteiger partial charge in [0.25, 0.3) is 0 Å². The van der Waals surface area contributed by atoms with Crippen LogP contribution >= 0.6 is 0 Å². The van der Waals surface area contributed by atoms with Gasteiger partial charge in [0.05, 0.1) is 17.9 Å². The van der Waals surface area contributed by atoms with Crippen LogP contribution in [0.25, 0.3) is 0 Å². The highest BCUT2D eigenvalue weighted by Crippen LogP contribution is 2.34. The molecule has 1 aromatic carbocycles. The maximum Gasteiger partial charge on any atom is 0.175 e. The lowest BCUT2D eigenvalue weighted by atomic mass is 10.1. The average Bonchev–Trinajstić information content (AvgIpc) is 3.19. The third-order valence-electron chi connectivity index (χ3n) is 2.99. The van der Waals surface area contributed by atoms with Crippen LogP contribution in [0, 0.1) is 5.82 Å². The van der Waals surface area contributed by atoms with E-state index in [-0.39, 0.29) is 18.0 Å². The zero-order chi connectivity index (χ0) is 13.1. The van der Waals surface area contributed by atoms with Gasteiger partial charge in [0, 0.05) is 12.6 Å². The van der Waals surface area contributed by atoms with Crippen molar-refractivity contribution in [2.45, 2.75) is 18.9 Å². The SMILES string of the molecule is NC(=NO)c1c(F)cccc1N(CCO)C1CC1. The van der Waals surface area contributed by atoms with Crippen molar-refractivity contribution in [1.29, 1.82) is 0 Å². The molecular formula is C12H16FN3O2. The van der Waals surface area contributed by atoms with Crippen molar-refractivity contribution in [2.24, 2.45) is 10.9 Å². The van der Waals surface area contributed by atoms with Crippen molar-refractivity contribution < 1.29 is 14.7 Å². The van der Waals surface area contributed by atoms with Gasteiger partial charge >= 0.3 is 0 Å². The maximum absolute atomic E-state index is 13.8. The fraction of sp³-hybridized carbons (Fsp3) is 0.417. The normalized spacial score (nSPS) is 15.8. The van der Waals surface area contributed by atoms with Crippen molar-refractivity contribution in [2.75, 3.05) is 18.1 Å². The minimum absolute atomic E-state index is 0.0252. The van der Waals surface area contributed by atoms with E-state index in [9.17, 15) is 4.39 Å². The van der Waals surface area contributed by atoms with Gasteiger partial charge in [-0.2, -0.15) is 0 Å². The van der Waals surface area contributed by atoms with Gasteiger partial charge in [-0.05, 0) is 25.0 Å². The third-order valence-corrected chi connectivity index (χ3v) is 2.99. The number of halogens is 1. The summed E-state index contributed by atoms with van der Waals surface area (Å²) in [6.45, 7) is 0.377. The summed E-state index contributed by atoms with van der Waals surface area (Å²) in [5, 5.41) is 20.7. The molecule has 2 rings (SSSR count). The number of rotatable bonds is 5. The zero-order valence-corrected chi connectivity index (χ0v) is 9.88. The number of aliphatic hydroxyl groups is 1. The van der Waals surface area contributed by atoms with E-state index in [4.69, 9.17) is 16.0 Å². The number of anilines is 1. The third kappa shape index (κ3) is 2.38. The van der Waals surface area contributed by atoms with E-state index in [1.165, 1.54) is 6.07 Å². The van der Waals surface area contributed by atoms with Crippen LogP contribution in [0.3, 0.4) is 0 Å². The number of hydrogen-bond acceptors (Lipinski definition) is 4. The van der Waals surface area contributed by atoms with Crippen molar-refractivity contribution in [3.63, 3.8) is 0 Å². The molecule has 5 nitrogen and oxygen atoms in total. The Hall–Kier alpha value is -1.82. The van der Waals surface area contributed by atoms with Crippen molar-refractivity contribution in [3.8, 4) is 0 Å². The zero-order valence-electron chi connectivity index (χ0n) is 9.88. The second-order valence-electron chi connectivity index (χ2n) is 4.27. The molecule has 0 spiro atoms. The molecule has 0 unspecified atom stereocenters. The number of benzene rings is 1. The van der Waals surface area contributed by atoms with Crippen LogP contribution in [0.15, 0.2) is 23.4 Å². The predicted octanol–water partition coefficient (Wildman–Crippen LogP) is 0.881. The van der Waals surface area contributed by atoms with Crippen LogP contribution in [0.1, 0.15) is 18.4 Å². The number of hydrogen-bond donors (Lipinski definition) is 3. The van der Waals surface area contributed by atoms with Gasteiger partial charge in [-0.1, -0.05) is 11.2 Å². The first kappa shape index (κ1) is 12.6. The molecular weight excluding hydrogens is 237 g/mol. The monoisotopic (exact) mass is 253 g/mol. The first-order valence-electron chi connectivity index (χ1n) is 5.83. The minimum atomic E-state index is -0.536. The van der Waals surface area contributed by atoms with Gasteiger partial charge in [0.15, 0.2) is 5.84 Å². The van der Waals surface area contributed by atoms with Crippen LogP contribution in [0.2, 0.25) is 0 Å². The number of amidine groups is 1. The molecule has 98 valence electrons. The molecule has 0 aromatic heterocycles. The van der Waals surface area contributed by atoms with E-state index in [1.807, 2.05) is 4.90 Å². The molecule has 1 saturated carbocycles. The Bertz CT molecular complexity index is 461. The molecule has 0 aliphatic heterocycles. The van der Waals surface area contributed by atoms with Crippen LogP contribution in [0.5, 0.6) is 0 Å². The van der Waals surface area contributed by atoms with Crippen molar-refractivity contribution >= 4 is 11.5 Å². The lowest BCUT2D eigenvalue weighted by Gasteiger charge is -2.26. The van der Waals surface area contributed by atoms with Crippen molar-refractivity contribution in [3.05, 3.63) is 29.6 Å². The first-order chi connectivity index (χ1) is 8.69. The smallest absolute Gasteiger partial charge is 0.175 e. The van der Waals surface area contributed by atoms with Crippen LogP contribution in [-0.2, 0) is 0 Å². The highest BCUT2D eigenvalue weighted by atomic mass is 19.1. The number of nitrogens with zero attached hydrogens (tertiary/aromatic N) is 2. The molecule has 1 fully saturated rings. The van der Waals surface area contributed by atoms with E-state index in [0.717, 1.165) is 12.8 Å². The fourth-order valence-corrected chi connectivity index (χ4v) is 2.05. The van der Waals surface area contributed by atoms with Crippen molar-refractivity contribution in [1.82, 2.24) is 0 Å². The molecule has 6 heteroatoms. The largest absolute Gasteiger partial charge is 0.409 e. The Kier molecular flexibility index (Phi) is 3.66. The van der Waals surface area contributed by atoms with Gasteiger partial charge < -0.3 is 20.9 Å². The Morgan fingerprint density at radius 3 is 2.78 bits per heavy atom. The van der Waals surface area contributed by atoms with Crippen LogP contribution in [-0.4, -0.2) is 35.3 Å². The summed E-state index contributed by atoms with van der Waals surface area (Å²) in [4.78, 5) is 1.90. The van der Waals surface area contributed by atoms with E-state index in [1.54, 1.807) is 12.1 Å². The molecule has 0 amide bonds. The molecule has 4 N–H and O–H groups in total. The summed E-state index contributed by atoms with van der Waals surface area (Å²) in [5.74, 6) is -0.793. The molecule has 0 radical (unpaired) electrons. The van der Waals surface area contributed by atoms with E-state index in [2.05, 4.69) is 5.16 Å². The minimum Gasteiger partial charge on any atom is -0.409 e. The van der Waals surface area contributed by atoms with Crippen LogP contribution in [0.4, 0.5) is 10.1 Å². The summed E-state index contributed by atoms with van der Waals surface area (Å²) in [7, 11) is 0. The molecule has 0 heterocycles. The molecule has 0 bridgehead atoms. The first-order valence-corrected chi connectivity index (χ1v) is 5.83. The fourth-order valence-electron chi connectivity index (χ4n) is 2.05. The predicted molar refractivity (Wildman–Crippen MR) is 66.4 cm³/mol. The Morgan fingerprint density at radius 1 is 1.50 bits per heavy atom. The lowest BCUT2D eigenvalue weighted by Crippen LogP contribution is -2.32. The summed E-state index contributed by atoms with van der Waals surface area (Å²) >= 11 is 0. The van der Waals surface area contributed by atoms with E-state index in [0.29, 0.717) is 18.3 Å². The van der Waals surface area contributed by atoms with Gasteiger partial charge in [-0.15, -0.1) is 0 Å². The second-order valence-corrected chi connectivity index (χ2v) is 4.27. The van der Waals surface area contributed by atoms with E-state index >= 15 is 0 Å². The molecule has 1 aromatic rings. The summed E-state index contributed by atoms with van der Waals surface area (Å²) < 4.78 is 13.8. The lowest BCUT2D eigenvalue weighted by molar-refractivity contribution is 0.301. The average molecular weight is 253 g/mol. The topological polar surface area (TPSA) is 82.1 Å². The molecule has 1 aliphatic rings. The molecule has 0 atom stereocenters. The van der Waals surface area contributed by atoms with Crippen LogP contribution < -0.4 is 10.6 Å². The summed E-state index contributed by atoms with van der Waals surface area (Å²) in [6, 6.07) is 4.85. The maximum atomic E-state index is 13.8. The Labute approximate surface area is 104 Å². The van der Waals surface area contributed by atoms with Gasteiger partial charge in [0.2, 0.25) is 0 Å². The number of aliphatic hydroxyl groups excluding tert-OH is 1. The summed E-state index contributed by atoms with van der Waals surface area (Å²) in [5.41, 5.74) is 6.16. The van der Waals surface area contributed by atoms with Gasteiger partial charge in [-0.25, -0.2) is 4.39 Å². The van der Waals surface area contributed by atoms with Gasteiger partial charge in [0.1, 0.15) is 5.82 Å². The standard InChI is InChI=1S/C12H16FN3O2/c13-9-2-1-3-10(11(9)12(14)15-18)16(6-7-17)8-4-5-8/h1-3,8,17-18H,4-7H2,(H2,14,15).